The van der Waals surface area contributed by atoms with E-state index < -0.39 is 11.7 Å². The maximum atomic E-state index is 12.7. The normalized spacial score (nSPS) is 19.2. The number of aromatic nitrogens is 2. The van der Waals surface area contributed by atoms with Crippen LogP contribution in [0, 0.1) is 0 Å². The van der Waals surface area contributed by atoms with Crippen molar-refractivity contribution in [3.05, 3.63) is 40.4 Å². The van der Waals surface area contributed by atoms with Crippen LogP contribution in [-0.2, 0) is 12.7 Å². The highest BCUT2D eigenvalue weighted by Gasteiger charge is 2.32. The lowest BCUT2D eigenvalue weighted by Gasteiger charge is -2.35. The Labute approximate surface area is 153 Å². The van der Waals surface area contributed by atoms with Crippen molar-refractivity contribution in [3.63, 3.8) is 0 Å². The third kappa shape index (κ3) is 3.81. The molecular weight excluding hydrogens is 369 g/mol. The van der Waals surface area contributed by atoms with Gasteiger partial charge in [-0.2, -0.15) is 13.2 Å². The zero-order chi connectivity index (χ0) is 18.3. The van der Waals surface area contributed by atoms with Crippen molar-refractivity contribution < 1.29 is 17.7 Å². The van der Waals surface area contributed by atoms with Crippen LogP contribution in [0.3, 0.4) is 0 Å². The van der Waals surface area contributed by atoms with Crippen LogP contribution >= 0.6 is 11.6 Å². The molecule has 0 radical (unpaired) electrons. The Morgan fingerprint density at radius 2 is 1.88 bits per heavy atom. The Kier molecular flexibility index (Phi) is 4.56. The molecule has 0 unspecified atom stereocenters. The first kappa shape index (κ1) is 17.6. The van der Waals surface area contributed by atoms with Gasteiger partial charge in [0.2, 0.25) is 0 Å². The van der Waals surface area contributed by atoms with Gasteiger partial charge in [0.15, 0.2) is 0 Å². The van der Waals surface area contributed by atoms with E-state index in [1.807, 2.05) is 11.0 Å². The van der Waals surface area contributed by atoms with Crippen molar-refractivity contribution in [1.82, 2.24) is 15.0 Å². The molecule has 0 atom stereocenters. The van der Waals surface area contributed by atoms with Crippen LogP contribution in [0.2, 0.25) is 5.02 Å². The fourth-order valence-electron chi connectivity index (χ4n) is 3.13. The van der Waals surface area contributed by atoms with E-state index in [1.165, 1.54) is 12.8 Å². The molecule has 0 amide bonds. The lowest BCUT2D eigenvalue weighted by atomic mass is 10.2. The Morgan fingerprint density at radius 3 is 2.50 bits per heavy atom. The number of hydrogen-bond donors (Lipinski definition) is 0. The van der Waals surface area contributed by atoms with E-state index in [0.717, 1.165) is 36.8 Å². The molecule has 3 heterocycles. The lowest BCUT2D eigenvalue weighted by Crippen LogP contribution is -2.46. The van der Waals surface area contributed by atoms with Gasteiger partial charge in [0, 0.05) is 50.9 Å². The summed E-state index contributed by atoms with van der Waals surface area (Å²) < 4.78 is 43.5. The summed E-state index contributed by atoms with van der Waals surface area (Å²) >= 11 is 6.03. The molecule has 1 saturated carbocycles. The third-order valence-corrected chi connectivity index (χ3v) is 5.04. The first-order chi connectivity index (χ1) is 12.4. The summed E-state index contributed by atoms with van der Waals surface area (Å²) in [6, 6.07) is 2.96. The first-order valence-corrected chi connectivity index (χ1v) is 8.93. The topological polar surface area (TPSA) is 45.4 Å². The molecular formula is C17H18ClF3N4O. The van der Waals surface area contributed by atoms with Gasteiger partial charge in [-0.05, 0) is 18.9 Å². The van der Waals surface area contributed by atoms with Crippen LogP contribution in [0.1, 0.15) is 35.8 Å². The molecule has 0 bridgehead atoms. The van der Waals surface area contributed by atoms with Gasteiger partial charge in [-0.25, -0.2) is 4.98 Å². The number of alkyl halides is 3. The monoisotopic (exact) mass is 386 g/mol. The Hall–Kier alpha value is -1.80. The van der Waals surface area contributed by atoms with E-state index in [0.29, 0.717) is 31.4 Å². The molecule has 0 spiro atoms. The zero-order valence-electron chi connectivity index (χ0n) is 14.0. The Morgan fingerprint density at radius 1 is 1.15 bits per heavy atom. The summed E-state index contributed by atoms with van der Waals surface area (Å²) in [5, 5.41) is 4.15. The summed E-state index contributed by atoms with van der Waals surface area (Å²) in [6.07, 6.45) is -1.25. The number of piperazine rings is 1. The fourth-order valence-corrected chi connectivity index (χ4v) is 3.41. The van der Waals surface area contributed by atoms with Crippen LogP contribution in [0.5, 0.6) is 0 Å². The molecule has 2 aromatic rings. The molecule has 1 aliphatic heterocycles. The summed E-state index contributed by atoms with van der Waals surface area (Å²) in [7, 11) is 0. The summed E-state index contributed by atoms with van der Waals surface area (Å²) in [4.78, 5) is 8.09. The van der Waals surface area contributed by atoms with Crippen LogP contribution < -0.4 is 4.90 Å². The van der Waals surface area contributed by atoms with Gasteiger partial charge in [-0.1, -0.05) is 16.8 Å². The Bertz CT molecular complexity index is 783. The fraction of sp³-hybridized carbons (Fsp3) is 0.529. The highest BCUT2D eigenvalue weighted by Crippen LogP contribution is 2.40. The smallest absolute Gasteiger partial charge is 0.361 e. The van der Waals surface area contributed by atoms with Gasteiger partial charge < -0.3 is 9.42 Å². The van der Waals surface area contributed by atoms with Crippen molar-refractivity contribution in [2.24, 2.45) is 0 Å². The maximum absolute atomic E-state index is 12.7. The highest BCUT2D eigenvalue weighted by molar-refractivity contribution is 6.33. The minimum absolute atomic E-state index is 0.0267. The van der Waals surface area contributed by atoms with E-state index in [9.17, 15) is 13.2 Å². The average molecular weight is 387 g/mol. The molecule has 26 heavy (non-hydrogen) atoms. The molecule has 2 aliphatic rings. The summed E-state index contributed by atoms with van der Waals surface area (Å²) in [5.74, 6) is 1.91. The van der Waals surface area contributed by atoms with Gasteiger partial charge in [-0.3, -0.25) is 4.90 Å². The largest absolute Gasteiger partial charge is 0.417 e. The maximum Gasteiger partial charge on any atom is 0.417 e. The predicted molar refractivity (Wildman–Crippen MR) is 90.2 cm³/mol. The van der Waals surface area contributed by atoms with Crippen LogP contribution in [0.15, 0.2) is 22.9 Å². The molecule has 1 aliphatic carbocycles. The minimum atomic E-state index is -4.44. The van der Waals surface area contributed by atoms with E-state index in [-0.39, 0.29) is 5.02 Å². The molecule has 9 heteroatoms. The first-order valence-electron chi connectivity index (χ1n) is 8.55. The van der Waals surface area contributed by atoms with Crippen molar-refractivity contribution in [3.8, 4) is 0 Å². The van der Waals surface area contributed by atoms with Gasteiger partial charge >= 0.3 is 6.18 Å². The van der Waals surface area contributed by atoms with Gasteiger partial charge in [-0.15, -0.1) is 0 Å². The second-order valence-electron chi connectivity index (χ2n) is 6.79. The number of rotatable bonds is 4. The molecule has 2 fully saturated rings. The molecule has 1 saturated heterocycles. The van der Waals surface area contributed by atoms with Gasteiger partial charge in [0.05, 0.1) is 16.3 Å². The van der Waals surface area contributed by atoms with E-state index >= 15 is 0 Å². The van der Waals surface area contributed by atoms with Crippen molar-refractivity contribution in [2.75, 3.05) is 31.1 Å². The van der Waals surface area contributed by atoms with Crippen LogP contribution in [0.4, 0.5) is 19.0 Å². The molecule has 0 aromatic carbocycles. The number of pyridine rings is 1. The number of nitrogens with zero attached hydrogens (tertiary/aromatic N) is 4. The summed E-state index contributed by atoms with van der Waals surface area (Å²) in [5.41, 5.74) is 0.0911. The van der Waals surface area contributed by atoms with Crippen molar-refractivity contribution in [2.45, 2.75) is 31.5 Å². The lowest BCUT2D eigenvalue weighted by molar-refractivity contribution is -0.137. The number of hydrogen-bond acceptors (Lipinski definition) is 5. The third-order valence-electron chi connectivity index (χ3n) is 4.76. The van der Waals surface area contributed by atoms with Crippen molar-refractivity contribution >= 4 is 17.4 Å². The van der Waals surface area contributed by atoms with Crippen LogP contribution in [0.25, 0.3) is 0 Å². The SMILES string of the molecule is FC(F)(F)c1cnc(N2CCN(Cc3cc(C4CC4)on3)CC2)c(Cl)c1. The van der Waals surface area contributed by atoms with Gasteiger partial charge in [0.1, 0.15) is 11.6 Å². The quantitative estimate of drug-likeness (QED) is 0.796. The second kappa shape index (κ2) is 6.74. The number of halogens is 4. The minimum Gasteiger partial charge on any atom is -0.361 e. The molecule has 140 valence electrons. The zero-order valence-corrected chi connectivity index (χ0v) is 14.7. The van der Waals surface area contributed by atoms with E-state index in [2.05, 4.69) is 15.0 Å². The predicted octanol–water partition coefficient (Wildman–Crippen LogP) is 3.94. The highest BCUT2D eigenvalue weighted by atomic mass is 35.5. The molecule has 0 N–H and O–H groups in total. The number of anilines is 1. The van der Waals surface area contributed by atoms with Gasteiger partial charge in [0.25, 0.3) is 0 Å². The van der Waals surface area contributed by atoms with E-state index in [1.54, 1.807) is 0 Å². The Balaban J connectivity index is 1.35. The summed E-state index contributed by atoms with van der Waals surface area (Å²) in [6.45, 7) is 3.50. The second-order valence-corrected chi connectivity index (χ2v) is 7.19. The average Bonchev–Trinajstić information content (AvgIpc) is 3.35. The van der Waals surface area contributed by atoms with Crippen molar-refractivity contribution in [1.29, 1.82) is 0 Å². The van der Waals surface area contributed by atoms with E-state index in [4.69, 9.17) is 16.1 Å². The van der Waals surface area contributed by atoms with Crippen LogP contribution in [-0.4, -0.2) is 41.2 Å². The standard InChI is InChI=1S/C17H18ClF3N4O/c18-14-7-12(17(19,20)21)9-22-16(14)25-5-3-24(4-6-25)10-13-8-15(26-23-13)11-1-2-11/h7-9,11H,1-6,10H2. The molecule has 2 aromatic heterocycles. The molecule has 5 nitrogen and oxygen atoms in total. The molecule has 4 rings (SSSR count).